The van der Waals surface area contributed by atoms with Crippen LogP contribution in [0, 0.1) is 23.7 Å². The zero-order valence-corrected chi connectivity index (χ0v) is 15.3. The van der Waals surface area contributed by atoms with Crippen LogP contribution in [0.5, 0.6) is 0 Å². The smallest absolute Gasteiger partial charge is 0.0644 e. The molecule has 0 aromatic heterocycles. The third-order valence-electron chi connectivity index (χ3n) is 6.10. The van der Waals surface area contributed by atoms with Crippen LogP contribution in [0.4, 0.5) is 0 Å². The molecule has 132 valence electrons. The van der Waals surface area contributed by atoms with Gasteiger partial charge in [-0.15, -0.1) is 6.58 Å². The monoisotopic (exact) mass is 318 g/mol. The van der Waals surface area contributed by atoms with E-state index in [-0.39, 0.29) is 0 Å². The minimum Gasteiger partial charge on any atom is -0.377 e. The molecule has 0 amide bonds. The largest absolute Gasteiger partial charge is 0.377 e. The normalized spacial score (nSPS) is 32.2. The number of hydrogen-bond donors (Lipinski definition) is 0. The van der Waals surface area contributed by atoms with E-state index in [0.29, 0.717) is 0 Å². The van der Waals surface area contributed by atoms with Crippen molar-refractivity contribution in [2.75, 3.05) is 13.2 Å². The number of allylic oxidation sites excluding steroid dienone is 2. The first kappa shape index (κ1) is 18.8. The van der Waals surface area contributed by atoms with Gasteiger partial charge in [0.15, 0.2) is 0 Å². The summed E-state index contributed by atoms with van der Waals surface area (Å²) in [5.41, 5.74) is 0. The van der Waals surface area contributed by atoms with Crippen LogP contribution >= 0.6 is 0 Å². The molecule has 1 heteroatoms. The van der Waals surface area contributed by atoms with E-state index in [1.54, 1.807) is 0 Å². The van der Waals surface area contributed by atoms with E-state index in [4.69, 9.17) is 4.74 Å². The maximum atomic E-state index is 5.65. The summed E-state index contributed by atoms with van der Waals surface area (Å²) in [6, 6.07) is 0. The molecule has 2 aliphatic rings. The Kier molecular flexibility index (Phi) is 9.04. The van der Waals surface area contributed by atoms with Gasteiger partial charge in [-0.25, -0.2) is 0 Å². The summed E-state index contributed by atoms with van der Waals surface area (Å²) in [5.74, 6) is 3.72. The fourth-order valence-corrected chi connectivity index (χ4v) is 4.56. The van der Waals surface area contributed by atoms with Crippen molar-refractivity contribution in [1.82, 2.24) is 0 Å². The van der Waals surface area contributed by atoms with Gasteiger partial charge in [0, 0.05) is 6.61 Å². The van der Waals surface area contributed by atoms with E-state index in [1.165, 1.54) is 70.6 Å². The number of ether oxygens (including phenoxy) is 1. The zero-order chi connectivity index (χ0) is 16.3. The van der Waals surface area contributed by atoms with E-state index < -0.39 is 0 Å². The molecule has 1 nitrogen and oxygen atoms in total. The molecule has 2 fully saturated rings. The van der Waals surface area contributed by atoms with Crippen molar-refractivity contribution >= 4 is 0 Å². The predicted octanol–water partition coefficient (Wildman–Crippen LogP) is 6.55. The fourth-order valence-electron chi connectivity index (χ4n) is 4.56. The molecule has 23 heavy (non-hydrogen) atoms. The molecular weight excluding hydrogens is 280 g/mol. The van der Waals surface area contributed by atoms with E-state index in [1.807, 2.05) is 6.08 Å². The van der Waals surface area contributed by atoms with Gasteiger partial charge in [-0.1, -0.05) is 38.0 Å². The van der Waals surface area contributed by atoms with Crippen molar-refractivity contribution in [3.05, 3.63) is 24.8 Å². The van der Waals surface area contributed by atoms with Crippen molar-refractivity contribution in [3.8, 4) is 0 Å². The average Bonchev–Trinajstić information content (AvgIpc) is 2.60. The summed E-state index contributed by atoms with van der Waals surface area (Å²) in [7, 11) is 0. The van der Waals surface area contributed by atoms with E-state index >= 15 is 0 Å². The highest BCUT2D eigenvalue weighted by Gasteiger charge is 2.30. The van der Waals surface area contributed by atoms with Crippen molar-refractivity contribution < 1.29 is 4.74 Å². The number of hydrogen-bond acceptors (Lipinski definition) is 1. The molecule has 0 unspecified atom stereocenters. The van der Waals surface area contributed by atoms with E-state index in [0.717, 1.165) is 36.9 Å². The van der Waals surface area contributed by atoms with E-state index in [2.05, 4.69) is 25.7 Å². The fraction of sp³-hybridized carbons (Fsp3) is 0.818. The van der Waals surface area contributed by atoms with E-state index in [9.17, 15) is 0 Å². The van der Waals surface area contributed by atoms with Crippen LogP contribution in [0.25, 0.3) is 0 Å². The maximum absolute atomic E-state index is 5.65. The molecule has 0 aliphatic heterocycles. The Morgan fingerprint density at radius 1 is 0.957 bits per heavy atom. The Labute approximate surface area is 144 Å². The molecule has 2 saturated carbocycles. The zero-order valence-electron chi connectivity index (χ0n) is 15.3. The molecule has 0 aromatic rings. The highest BCUT2D eigenvalue weighted by Crippen LogP contribution is 2.41. The van der Waals surface area contributed by atoms with Crippen molar-refractivity contribution in [3.63, 3.8) is 0 Å². The molecule has 0 radical (unpaired) electrons. The van der Waals surface area contributed by atoms with Gasteiger partial charge in [-0.05, 0) is 81.5 Å². The molecule has 0 saturated heterocycles. The van der Waals surface area contributed by atoms with Gasteiger partial charge >= 0.3 is 0 Å². The lowest BCUT2D eigenvalue weighted by Gasteiger charge is -2.37. The Morgan fingerprint density at radius 3 is 2.22 bits per heavy atom. The highest BCUT2D eigenvalue weighted by atomic mass is 16.5. The second kappa shape index (κ2) is 11.1. The Bertz CT molecular complexity index is 330. The molecule has 0 aromatic carbocycles. The number of unbranched alkanes of at least 4 members (excludes halogenated alkanes) is 2. The van der Waals surface area contributed by atoms with Gasteiger partial charge in [-0.3, -0.25) is 0 Å². The molecule has 2 aliphatic carbocycles. The molecule has 0 spiro atoms. The average molecular weight is 319 g/mol. The second-order valence-electron chi connectivity index (χ2n) is 7.85. The Morgan fingerprint density at radius 2 is 1.61 bits per heavy atom. The quantitative estimate of drug-likeness (QED) is 0.346. The van der Waals surface area contributed by atoms with Gasteiger partial charge < -0.3 is 4.74 Å². The van der Waals surface area contributed by atoms with Crippen LogP contribution in [-0.4, -0.2) is 13.2 Å². The first-order valence-corrected chi connectivity index (χ1v) is 10.2. The lowest BCUT2D eigenvalue weighted by Crippen LogP contribution is -2.26. The maximum Gasteiger partial charge on any atom is 0.0644 e. The van der Waals surface area contributed by atoms with Gasteiger partial charge in [0.1, 0.15) is 0 Å². The lowest BCUT2D eigenvalue weighted by molar-refractivity contribution is 0.0800. The van der Waals surface area contributed by atoms with Crippen LogP contribution in [0.3, 0.4) is 0 Å². The highest BCUT2D eigenvalue weighted by molar-refractivity contribution is 4.92. The predicted molar refractivity (Wildman–Crippen MR) is 101 cm³/mol. The molecule has 0 N–H and O–H groups in total. The molecular formula is C22H38O. The molecule has 0 bridgehead atoms. The first-order valence-electron chi connectivity index (χ1n) is 10.2. The molecule has 0 heterocycles. The summed E-state index contributed by atoms with van der Waals surface area (Å²) in [4.78, 5) is 0. The van der Waals surface area contributed by atoms with Crippen molar-refractivity contribution in [1.29, 1.82) is 0 Å². The van der Waals surface area contributed by atoms with Crippen molar-refractivity contribution in [2.24, 2.45) is 23.7 Å². The van der Waals surface area contributed by atoms with Gasteiger partial charge in [0.05, 0.1) is 6.61 Å². The minimum absolute atomic E-state index is 0.718. The summed E-state index contributed by atoms with van der Waals surface area (Å²) in [6.45, 7) is 7.67. The minimum atomic E-state index is 0.718. The van der Waals surface area contributed by atoms with Gasteiger partial charge in [-0.2, -0.15) is 0 Å². The lowest BCUT2D eigenvalue weighted by atomic mass is 9.69. The van der Waals surface area contributed by atoms with Crippen LogP contribution < -0.4 is 0 Å². The standard InChI is InChI=1S/C22H38O/c1-3-5-6-7-8-19-9-13-21(14-10-19)22-15-11-20(12-16-22)18-23-17-4-2/h4,7-8,19-22H,2-3,5-6,9-18H2,1H3. The third kappa shape index (κ3) is 6.83. The second-order valence-corrected chi connectivity index (χ2v) is 7.85. The van der Waals surface area contributed by atoms with Gasteiger partial charge in [0.2, 0.25) is 0 Å². The SMILES string of the molecule is C=CCOCC1CCC(C2CCC(C=CCCCC)CC2)CC1. The van der Waals surface area contributed by atoms with Crippen LogP contribution in [0.15, 0.2) is 24.8 Å². The summed E-state index contributed by atoms with van der Waals surface area (Å²) in [6.07, 6.45) is 22.3. The topological polar surface area (TPSA) is 9.23 Å². The van der Waals surface area contributed by atoms with Gasteiger partial charge in [0.25, 0.3) is 0 Å². The molecule has 2 rings (SSSR count). The summed E-state index contributed by atoms with van der Waals surface area (Å²) >= 11 is 0. The number of rotatable bonds is 9. The summed E-state index contributed by atoms with van der Waals surface area (Å²) in [5, 5.41) is 0. The summed E-state index contributed by atoms with van der Waals surface area (Å²) < 4.78 is 5.65. The first-order chi connectivity index (χ1) is 11.3. The molecule has 0 atom stereocenters. The third-order valence-corrected chi connectivity index (χ3v) is 6.10. The Balaban J connectivity index is 1.61. The van der Waals surface area contributed by atoms with Crippen LogP contribution in [0.2, 0.25) is 0 Å². The van der Waals surface area contributed by atoms with Crippen LogP contribution in [0.1, 0.15) is 77.6 Å². The van der Waals surface area contributed by atoms with Crippen molar-refractivity contribution in [2.45, 2.75) is 77.6 Å². The Hall–Kier alpha value is -0.560. The van der Waals surface area contributed by atoms with Crippen LogP contribution in [-0.2, 0) is 4.74 Å².